The molecule has 0 radical (unpaired) electrons. The van der Waals surface area contributed by atoms with Crippen molar-refractivity contribution in [1.82, 2.24) is 10.6 Å². The fourth-order valence-electron chi connectivity index (χ4n) is 10.7. The standard InChI is InChI=1S/C64H72N2O15/c1-41-51(70-35-43-23-11-5-12-24-43)56(59(74-39-47-31-19-9-20-32-47)63(76-41)79-53-50(66-42(2)67)62(69-4)77-49-40-75-61(78-52(49)53)48-33-21-10-22-34-48)80-64-58(73-38-46-29-17-8-18-30-46)55(72-37-45-27-15-7-16-28-45)54(57(81-64)60(68)65-3)71-36-44-25-13-6-14-26-44/h5-34,41,49-59,61-64H,35-40H2,1-4H3,(H,65,68)(H,66,67)/t41-,49+,50+,51-,52+,53+,54+,55+,56+,57+,58+,59+,61+,62+,63-,64+/m0/s1. The van der Waals surface area contributed by atoms with E-state index in [1.165, 1.54) is 14.0 Å². The summed E-state index contributed by atoms with van der Waals surface area (Å²) in [6.07, 6.45) is -15.2. The second-order valence-corrected chi connectivity index (χ2v) is 20.4. The minimum Gasteiger partial charge on any atom is -0.368 e. The monoisotopic (exact) mass is 1110 g/mol. The van der Waals surface area contributed by atoms with Crippen LogP contribution in [0, 0.1) is 0 Å². The first-order chi connectivity index (χ1) is 39.7. The maximum atomic E-state index is 14.5. The van der Waals surface area contributed by atoms with Gasteiger partial charge in [-0.3, -0.25) is 9.59 Å². The predicted octanol–water partition coefficient (Wildman–Crippen LogP) is 7.89. The van der Waals surface area contributed by atoms with Crippen LogP contribution in [-0.2, 0) is 104 Å². The van der Waals surface area contributed by atoms with E-state index in [1.54, 1.807) is 7.05 Å². The molecule has 0 unspecified atom stereocenters. The molecule has 17 nitrogen and oxygen atoms in total. The van der Waals surface area contributed by atoms with Gasteiger partial charge < -0.3 is 72.2 Å². The van der Waals surface area contributed by atoms with E-state index in [4.69, 9.17) is 61.6 Å². The van der Waals surface area contributed by atoms with E-state index in [0.717, 1.165) is 33.4 Å². The lowest BCUT2D eigenvalue weighted by atomic mass is 9.94. The number of carbonyl (C=O) groups excluding carboxylic acids is 2. The van der Waals surface area contributed by atoms with Crippen LogP contribution < -0.4 is 10.6 Å². The quantitative estimate of drug-likeness (QED) is 0.0633. The van der Waals surface area contributed by atoms with Gasteiger partial charge in [0.25, 0.3) is 5.91 Å². The van der Waals surface area contributed by atoms with E-state index >= 15 is 0 Å². The number of fused-ring (bicyclic) bond motifs is 1. The van der Waals surface area contributed by atoms with Crippen molar-refractivity contribution < 1.29 is 71.2 Å². The number of rotatable bonds is 23. The molecule has 0 aromatic heterocycles. The summed E-state index contributed by atoms with van der Waals surface area (Å²) in [6.45, 7) is 4.01. The van der Waals surface area contributed by atoms with E-state index in [2.05, 4.69) is 10.6 Å². The van der Waals surface area contributed by atoms with Crippen LogP contribution in [0.3, 0.4) is 0 Å². The molecule has 0 spiro atoms. The van der Waals surface area contributed by atoms with Crippen molar-refractivity contribution in [3.8, 4) is 0 Å². The second-order valence-electron chi connectivity index (χ2n) is 20.4. The van der Waals surface area contributed by atoms with Gasteiger partial charge in [-0.2, -0.15) is 0 Å². The molecule has 4 aliphatic heterocycles. The largest absolute Gasteiger partial charge is 0.368 e. The van der Waals surface area contributed by atoms with Crippen LogP contribution in [0.1, 0.15) is 53.5 Å². The first-order valence-electron chi connectivity index (χ1n) is 27.6. The van der Waals surface area contributed by atoms with Gasteiger partial charge >= 0.3 is 0 Å². The second kappa shape index (κ2) is 28.6. The SMILES string of the molecule is CNC(=O)[C@@H]1O[C@@H](O[C@@H]2[C@@H](OCc3ccccc3)[C@H](C)O[C@@H](O[C@@H]3[C@@H](NC(C)=O)[C@H](OC)O[C@@H]4CO[C@@H](c5ccccc5)O[C@@H]34)[C@@H]2OCc2ccccc2)[C@H](OCc2ccccc2)[C@H](OCc2ccccc2)[C@H]1OCc1ccccc1. The highest BCUT2D eigenvalue weighted by Crippen LogP contribution is 2.41. The van der Waals surface area contributed by atoms with Crippen LogP contribution in [-0.4, -0.2) is 125 Å². The van der Waals surface area contributed by atoms with Crippen molar-refractivity contribution in [2.75, 3.05) is 20.8 Å². The van der Waals surface area contributed by atoms with Crippen LogP contribution in [0.15, 0.2) is 182 Å². The minimum atomic E-state index is -1.36. The van der Waals surface area contributed by atoms with Crippen LogP contribution in [0.2, 0.25) is 0 Å². The number of nitrogens with one attached hydrogen (secondary N) is 2. The molecule has 4 aliphatic rings. The number of likely N-dealkylation sites (N-methyl/N-ethyl adjacent to an activating group) is 1. The highest BCUT2D eigenvalue weighted by atomic mass is 16.8. The molecule has 16 atom stereocenters. The number of hydrogen-bond acceptors (Lipinski definition) is 15. The molecule has 4 saturated heterocycles. The van der Waals surface area contributed by atoms with Gasteiger partial charge in [0.15, 0.2) is 31.3 Å². The molecule has 81 heavy (non-hydrogen) atoms. The van der Waals surface area contributed by atoms with Crippen LogP contribution in [0.25, 0.3) is 0 Å². The lowest BCUT2D eigenvalue weighted by Crippen LogP contribution is -2.70. The van der Waals surface area contributed by atoms with Crippen molar-refractivity contribution in [2.45, 2.75) is 145 Å². The molecular weight excluding hydrogens is 1040 g/mol. The Labute approximate surface area is 473 Å². The molecule has 4 fully saturated rings. The zero-order valence-corrected chi connectivity index (χ0v) is 45.9. The molecule has 0 saturated carbocycles. The van der Waals surface area contributed by atoms with Crippen molar-refractivity contribution in [2.24, 2.45) is 0 Å². The molecule has 4 heterocycles. The Morgan fingerprint density at radius 2 is 0.901 bits per heavy atom. The highest BCUT2D eigenvalue weighted by molar-refractivity contribution is 5.81. The fourth-order valence-corrected chi connectivity index (χ4v) is 10.7. The Morgan fingerprint density at radius 3 is 1.37 bits per heavy atom. The van der Waals surface area contributed by atoms with Gasteiger partial charge in [0.05, 0.1) is 45.7 Å². The lowest BCUT2D eigenvalue weighted by molar-refractivity contribution is -0.393. The number of amides is 2. The van der Waals surface area contributed by atoms with Gasteiger partial charge in [-0.25, -0.2) is 0 Å². The summed E-state index contributed by atoms with van der Waals surface area (Å²) < 4.78 is 89.2. The van der Waals surface area contributed by atoms with Crippen molar-refractivity contribution in [3.63, 3.8) is 0 Å². The molecule has 0 bridgehead atoms. The molecule has 17 heteroatoms. The maximum absolute atomic E-state index is 14.5. The van der Waals surface area contributed by atoms with Gasteiger partial charge in [-0.05, 0) is 34.7 Å². The maximum Gasteiger partial charge on any atom is 0.251 e. The number of benzene rings is 6. The van der Waals surface area contributed by atoms with Gasteiger partial charge in [0.1, 0.15) is 61.0 Å². The molecule has 2 N–H and O–H groups in total. The Balaban J connectivity index is 1.07. The fraction of sp³-hybridized carbons (Fsp3) is 0.406. The van der Waals surface area contributed by atoms with Crippen molar-refractivity contribution in [3.05, 3.63) is 215 Å². The van der Waals surface area contributed by atoms with E-state index < -0.39 is 104 Å². The third-order valence-electron chi connectivity index (χ3n) is 14.7. The number of hydrogen-bond donors (Lipinski definition) is 2. The lowest BCUT2D eigenvalue weighted by Gasteiger charge is -2.52. The van der Waals surface area contributed by atoms with E-state index in [0.29, 0.717) is 0 Å². The molecule has 0 aliphatic carbocycles. The first kappa shape index (κ1) is 58.0. The van der Waals surface area contributed by atoms with Gasteiger partial charge in [-0.15, -0.1) is 0 Å². The Kier molecular flexibility index (Phi) is 20.5. The summed E-state index contributed by atoms with van der Waals surface area (Å²) in [5, 5.41) is 5.85. The molecule has 6 aromatic carbocycles. The Bertz CT molecular complexity index is 2830. The molecule has 428 valence electrons. The summed E-state index contributed by atoms with van der Waals surface area (Å²) in [7, 11) is 3.04. The van der Waals surface area contributed by atoms with Crippen LogP contribution in [0.5, 0.6) is 0 Å². The first-order valence-corrected chi connectivity index (χ1v) is 27.6. The molecular formula is C64H72N2O15. The zero-order valence-electron chi connectivity index (χ0n) is 45.9. The van der Waals surface area contributed by atoms with Gasteiger partial charge in [0.2, 0.25) is 5.91 Å². The van der Waals surface area contributed by atoms with Crippen LogP contribution >= 0.6 is 0 Å². The normalized spacial score (nSPS) is 30.2. The van der Waals surface area contributed by atoms with E-state index in [-0.39, 0.29) is 45.5 Å². The predicted molar refractivity (Wildman–Crippen MR) is 295 cm³/mol. The van der Waals surface area contributed by atoms with Crippen LogP contribution in [0.4, 0.5) is 0 Å². The third-order valence-corrected chi connectivity index (χ3v) is 14.7. The smallest absolute Gasteiger partial charge is 0.251 e. The summed E-state index contributed by atoms with van der Waals surface area (Å²) in [4.78, 5) is 27.7. The topological polar surface area (TPSA) is 178 Å². The molecule has 10 rings (SSSR count). The number of carbonyl (C=O) groups is 2. The van der Waals surface area contributed by atoms with E-state index in [9.17, 15) is 9.59 Å². The van der Waals surface area contributed by atoms with E-state index in [1.807, 2.05) is 189 Å². The van der Waals surface area contributed by atoms with Gasteiger partial charge in [-0.1, -0.05) is 182 Å². The Morgan fingerprint density at radius 1 is 0.481 bits per heavy atom. The van der Waals surface area contributed by atoms with Crippen molar-refractivity contribution >= 4 is 11.8 Å². The number of methoxy groups -OCH3 is 1. The summed E-state index contributed by atoms with van der Waals surface area (Å²) >= 11 is 0. The summed E-state index contributed by atoms with van der Waals surface area (Å²) in [5.41, 5.74) is 5.16. The average Bonchev–Trinajstić information content (AvgIpc) is 3.53. The average molecular weight is 1110 g/mol. The minimum absolute atomic E-state index is 0.0724. The molecule has 6 aromatic rings. The van der Waals surface area contributed by atoms with Crippen molar-refractivity contribution in [1.29, 1.82) is 0 Å². The highest BCUT2D eigenvalue weighted by Gasteiger charge is 2.58. The number of ether oxygens (including phenoxy) is 13. The third kappa shape index (κ3) is 14.9. The molecule has 2 amide bonds. The zero-order chi connectivity index (χ0) is 55.9. The van der Waals surface area contributed by atoms with Gasteiger partial charge in [0, 0.05) is 26.6 Å². The Hall–Kier alpha value is -6.26. The summed E-state index contributed by atoms with van der Waals surface area (Å²) in [6, 6.07) is 57.3. The summed E-state index contributed by atoms with van der Waals surface area (Å²) in [5.74, 6) is -0.825.